The molecule has 5 rings (SSSR count). The monoisotopic (exact) mass is 410 g/mol. The van der Waals surface area contributed by atoms with Crippen LogP contribution in [0, 0.1) is 27.7 Å². The van der Waals surface area contributed by atoms with Crippen LogP contribution in [0.15, 0.2) is 60.9 Å². The quantitative estimate of drug-likeness (QED) is 0.474. The minimum Gasteiger partial charge on any atom is -0.328 e. The van der Waals surface area contributed by atoms with E-state index in [2.05, 4.69) is 43.5 Å². The third-order valence-corrected chi connectivity index (χ3v) is 6.35. The van der Waals surface area contributed by atoms with Crippen LogP contribution >= 0.6 is 0 Å². The lowest BCUT2D eigenvalue weighted by atomic mass is 10.1. The molecule has 5 nitrogen and oxygen atoms in total. The van der Waals surface area contributed by atoms with Gasteiger partial charge in [0.25, 0.3) is 5.91 Å². The van der Waals surface area contributed by atoms with Crippen molar-refractivity contribution in [3.8, 4) is 11.5 Å². The highest BCUT2D eigenvalue weighted by Crippen LogP contribution is 2.32. The lowest BCUT2D eigenvalue weighted by Gasteiger charge is -2.18. The standard InChI is InChI=1S/C26H26N4O/c1-17-7-9-21(13-19(17)3)26(31)29-15-23-24(16-29)27-30(25(23)28-11-5-6-12-28)22-10-8-18(2)20(4)14-22/h5-14H,15-16H2,1-4H3. The number of amides is 1. The van der Waals surface area contributed by atoms with Gasteiger partial charge >= 0.3 is 0 Å². The zero-order valence-corrected chi connectivity index (χ0v) is 18.4. The number of hydrogen-bond acceptors (Lipinski definition) is 2. The Morgan fingerprint density at radius 1 is 0.839 bits per heavy atom. The number of nitrogens with zero attached hydrogens (tertiary/aromatic N) is 4. The molecule has 1 amide bonds. The van der Waals surface area contributed by atoms with Gasteiger partial charge < -0.3 is 9.47 Å². The van der Waals surface area contributed by atoms with Crippen LogP contribution in [-0.4, -0.2) is 25.2 Å². The molecule has 0 aliphatic carbocycles. The van der Waals surface area contributed by atoms with Crippen molar-refractivity contribution in [2.45, 2.75) is 40.8 Å². The van der Waals surface area contributed by atoms with Gasteiger partial charge in [0.05, 0.1) is 24.5 Å². The molecule has 0 saturated heterocycles. The van der Waals surface area contributed by atoms with E-state index in [0.29, 0.717) is 13.1 Å². The molecule has 4 aromatic rings. The molecule has 0 saturated carbocycles. The summed E-state index contributed by atoms with van der Waals surface area (Å²) in [6.07, 6.45) is 4.06. The zero-order chi connectivity index (χ0) is 21.7. The first kappa shape index (κ1) is 19.4. The molecule has 0 fully saturated rings. The van der Waals surface area contributed by atoms with Gasteiger partial charge in [0.1, 0.15) is 5.82 Å². The average Bonchev–Trinajstić information content (AvgIpc) is 3.47. The molecule has 2 aromatic heterocycles. The molecule has 2 aromatic carbocycles. The number of aryl methyl sites for hydroxylation is 4. The molecule has 1 aliphatic rings. The van der Waals surface area contributed by atoms with E-state index in [1.165, 1.54) is 16.7 Å². The topological polar surface area (TPSA) is 43.1 Å². The van der Waals surface area contributed by atoms with Crippen molar-refractivity contribution in [2.75, 3.05) is 0 Å². The molecule has 156 valence electrons. The fourth-order valence-corrected chi connectivity index (χ4v) is 4.18. The van der Waals surface area contributed by atoms with Crippen LogP contribution in [0.3, 0.4) is 0 Å². The van der Waals surface area contributed by atoms with Gasteiger partial charge in [-0.1, -0.05) is 12.1 Å². The zero-order valence-electron chi connectivity index (χ0n) is 18.4. The van der Waals surface area contributed by atoms with E-state index < -0.39 is 0 Å². The van der Waals surface area contributed by atoms with E-state index in [-0.39, 0.29) is 5.91 Å². The fourth-order valence-electron chi connectivity index (χ4n) is 4.18. The lowest BCUT2D eigenvalue weighted by Crippen LogP contribution is -2.26. The minimum atomic E-state index is 0.0530. The van der Waals surface area contributed by atoms with Crippen molar-refractivity contribution in [2.24, 2.45) is 0 Å². The highest BCUT2D eigenvalue weighted by molar-refractivity contribution is 5.94. The van der Waals surface area contributed by atoms with E-state index >= 15 is 0 Å². The number of rotatable bonds is 3. The normalized spacial score (nSPS) is 13.0. The van der Waals surface area contributed by atoms with Crippen LogP contribution in [0.5, 0.6) is 0 Å². The van der Waals surface area contributed by atoms with Gasteiger partial charge in [0.2, 0.25) is 0 Å². The summed E-state index contributed by atoms with van der Waals surface area (Å²) in [6.45, 7) is 9.42. The minimum absolute atomic E-state index is 0.0530. The van der Waals surface area contributed by atoms with E-state index in [0.717, 1.165) is 33.9 Å². The Morgan fingerprint density at radius 3 is 2.19 bits per heavy atom. The van der Waals surface area contributed by atoms with Gasteiger partial charge in [-0.3, -0.25) is 4.79 Å². The van der Waals surface area contributed by atoms with Crippen molar-refractivity contribution in [1.29, 1.82) is 0 Å². The van der Waals surface area contributed by atoms with Gasteiger partial charge in [-0.05, 0) is 86.3 Å². The molecule has 1 aliphatic heterocycles. The molecule has 0 atom stereocenters. The maximum atomic E-state index is 13.2. The van der Waals surface area contributed by atoms with Crippen molar-refractivity contribution in [3.63, 3.8) is 0 Å². The lowest BCUT2D eigenvalue weighted by molar-refractivity contribution is 0.0749. The van der Waals surface area contributed by atoms with E-state index in [9.17, 15) is 4.79 Å². The van der Waals surface area contributed by atoms with Crippen LogP contribution in [0.1, 0.15) is 43.9 Å². The summed E-state index contributed by atoms with van der Waals surface area (Å²) in [7, 11) is 0. The second kappa shape index (κ2) is 7.27. The molecule has 0 unspecified atom stereocenters. The molecule has 5 heteroatoms. The van der Waals surface area contributed by atoms with Crippen molar-refractivity contribution in [1.82, 2.24) is 19.2 Å². The van der Waals surface area contributed by atoms with Crippen molar-refractivity contribution >= 4 is 5.91 Å². The van der Waals surface area contributed by atoms with Crippen LogP contribution in [0.4, 0.5) is 0 Å². The van der Waals surface area contributed by atoms with Gasteiger partial charge in [0.15, 0.2) is 0 Å². The van der Waals surface area contributed by atoms with Crippen LogP contribution in [0.25, 0.3) is 11.5 Å². The number of hydrogen-bond donors (Lipinski definition) is 0. The number of carbonyl (C=O) groups excluding carboxylic acids is 1. The number of carbonyl (C=O) groups is 1. The maximum absolute atomic E-state index is 13.2. The summed E-state index contributed by atoms with van der Waals surface area (Å²) in [4.78, 5) is 15.1. The largest absolute Gasteiger partial charge is 0.328 e. The Morgan fingerprint density at radius 2 is 1.52 bits per heavy atom. The molecule has 0 bridgehead atoms. The molecule has 0 N–H and O–H groups in total. The Bertz CT molecular complexity index is 1300. The predicted octanol–water partition coefficient (Wildman–Crippen LogP) is 5.05. The highest BCUT2D eigenvalue weighted by Gasteiger charge is 2.32. The number of benzene rings is 2. The van der Waals surface area contributed by atoms with Crippen LogP contribution in [-0.2, 0) is 13.1 Å². The van der Waals surface area contributed by atoms with E-state index in [1.807, 2.05) is 59.2 Å². The third kappa shape index (κ3) is 3.26. The van der Waals surface area contributed by atoms with Crippen LogP contribution in [0.2, 0.25) is 0 Å². The summed E-state index contributed by atoms with van der Waals surface area (Å²) in [5.41, 5.74) is 8.66. The maximum Gasteiger partial charge on any atom is 0.254 e. The van der Waals surface area contributed by atoms with E-state index in [1.54, 1.807) is 0 Å². The first-order valence-corrected chi connectivity index (χ1v) is 10.6. The van der Waals surface area contributed by atoms with Gasteiger partial charge in [-0.2, -0.15) is 5.10 Å². The molecule has 0 radical (unpaired) electrons. The molecular formula is C26H26N4O. The van der Waals surface area contributed by atoms with E-state index in [4.69, 9.17) is 5.10 Å². The predicted molar refractivity (Wildman–Crippen MR) is 122 cm³/mol. The Kier molecular flexibility index (Phi) is 4.54. The second-order valence-corrected chi connectivity index (χ2v) is 8.48. The molecule has 31 heavy (non-hydrogen) atoms. The summed E-state index contributed by atoms with van der Waals surface area (Å²) < 4.78 is 4.10. The van der Waals surface area contributed by atoms with Gasteiger partial charge in [0, 0.05) is 23.5 Å². The van der Waals surface area contributed by atoms with Crippen LogP contribution < -0.4 is 0 Å². The SMILES string of the molecule is Cc1ccc(C(=O)N2Cc3nn(-c4ccc(C)c(C)c4)c(-n4cccc4)c3C2)cc1C. The molecular weight excluding hydrogens is 384 g/mol. The number of fused-ring (bicyclic) bond motifs is 1. The summed E-state index contributed by atoms with van der Waals surface area (Å²) in [6, 6.07) is 16.3. The second-order valence-electron chi connectivity index (χ2n) is 8.48. The van der Waals surface area contributed by atoms with Gasteiger partial charge in [-0.15, -0.1) is 0 Å². The summed E-state index contributed by atoms with van der Waals surface area (Å²) >= 11 is 0. The number of aromatic nitrogens is 3. The van der Waals surface area contributed by atoms with Crippen molar-refractivity contribution in [3.05, 3.63) is 100.0 Å². The summed E-state index contributed by atoms with van der Waals surface area (Å²) in [5.74, 6) is 1.05. The van der Waals surface area contributed by atoms with Crippen molar-refractivity contribution < 1.29 is 4.79 Å². The fraction of sp³-hybridized carbons (Fsp3) is 0.231. The first-order chi connectivity index (χ1) is 14.9. The third-order valence-electron chi connectivity index (χ3n) is 6.35. The molecule has 0 spiro atoms. The smallest absolute Gasteiger partial charge is 0.254 e. The summed E-state index contributed by atoms with van der Waals surface area (Å²) in [5, 5.41) is 4.95. The Balaban J connectivity index is 1.54. The van der Waals surface area contributed by atoms with Gasteiger partial charge in [-0.25, -0.2) is 4.68 Å². The Hall–Kier alpha value is -3.60. The first-order valence-electron chi connectivity index (χ1n) is 10.6. The highest BCUT2D eigenvalue weighted by atomic mass is 16.2. The Labute approximate surface area is 182 Å². The molecule has 3 heterocycles. The average molecular weight is 411 g/mol.